The summed E-state index contributed by atoms with van der Waals surface area (Å²) in [5, 5.41) is 12.6. The number of carboxylic acids is 1. The van der Waals surface area contributed by atoms with E-state index in [1.807, 2.05) is 6.07 Å². The second kappa shape index (κ2) is 5.95. The van der Waals surface area contributed by atoms with Crippen LogP contribution in [0.4, 0.5) is 5.69 Å². The summed E-state index contributed by atoms with van der Waals surface area (Å²) >= 11 is 3.40. The summed E-state index contributed by atoms with van der Waals surface area (Å²) in [6, 6.07) is 5.63. The molecule has 0 amide bonds. The Morgan fingerprint density at radius 2 is 2.05 bits per heavy atom. The zero-order valence-electron chi connectivity index (χ0n) is 11.3. The third-order valence-corrected chi connectivity index (χ3v) is 4.66. The van der Waals surface area contributed by atoms with Crippen molar-refractivity contribution >= 4 is 27.6 Å². The molecular formula is C15H20BrNO2. The van der Waals surface area contributed by atoms with E-state index >= 15 is 0 Å². The van der Waals surface area contributed by atoms with Crippen LogP contribution >= 0.6 is 15.9 Å². The number of aromatic carboxylic acids is 1. The van der Waals surface area contributed by atoms with Crippen molar-refractivity contribution in [3.63, 3.8) is 0 Å². The summed E-state index contributed by atoms with van der Waals surface area (Å²) in [4.78, 5) is 11.2. The second-order valence-electron chi connectivity index (χ2n) is 5.60. The molecule has 3 atom stereocenters. The van der Waals surface area contributed by atoms with E-state index in [0.717, 1.165) is 23.2 Å². The maximum absolute atomic E-state index is 11.2. The number of halogens is 1. The number of anilines is 1. The molecule has 1 aliphatic carbocycles. The number of rotatable bonds is 3. The average Bonchev–Trinajstić information content (AvgIpc) is 2.33. The molecule has 0 bridgehead atoms. The smallest absolute Gasteiger partial charge is 0.337 e. The van der Waals surface area contributed by atoms with Crippen LogP contribution in [-0.2, 0) is 0 Å². The van der Waals surface area contributed by atoms with Gasteiger partial charge in [-0.2, -0.15) is 0 Å². The standard InChI is InChI=1S/C15H20BrNO2/c1-9-3-5-12(7-10(9)2)17-14-8-11(16)4-6-13(14)15(18)19/h4,6,8-10,12,17H,3,5,7H2,1-2H3,(H,18,19). The minimum Gasteiger partial charge on any atom is -0.478 e. The van der Waals surface area contributed by atoms with Crippen LogP contribution in [0.5, 0.6) is 0 Å². The van der Waals surface area contributed by atoms with Crippen LogP contribution in [0.1, 0.15) is 43.5 Å². The van der Waals surface area contributed by atoms with E-state index in [1.165, 1.54) is 6.42 Å². The topological polar surface area (TPSA) is 49.3 Å². The van der Waals surface area contributed by atoms with E-state index in [9.17, 15) is 9.90 Å². The summed E-state index contributed by atoms with van der Waals surface area (Å²) in [5.41, 5.74) is 1.06. The monoisotopic (exact) mass is 325 g/mol. The van der Waals surface area contributed by atoms with Crippen LogP contribution in [-0.4, -0.2) is 17.1 Å². The molecule has 2 N–H and O–H groups in total. The Kier molecular flexibility index (Phi) is 4.50. The van der Waals surface area contributed by atoms with E-state index in [-0.39, 0.29) is 0 Å². The predicted molar refractivity (Wildman–Crippen MR) is 80.7 cm³/mol. The van der Waals surface area contributed by atoms with Crippen molar-refractivity contribution < 1.29 is 9.90 Å². The molecule has 3 nitrogen and oxygen atoms in total. The molecule has 1 aromatic carbocycles. The first-order valence-electron chi connectivity index (χ1n) is 6.76. The van der Waals surface area contributed by atoms with Crippen molar-refractivity contribution in [1.82, 2.24) is 0 Å². The van der Waals surface area contributed by atoms with E-state index < -0.39 is 5.97 Å². The first-order chi connectivity index (χ1) is 8.97. The molecule has 19 heavy (non-hydrogen) atoms. The van der Waals surface area contributed by atoms with Gasteiger partial charge in [0.2, 0.25) is 0 Å². The summed E-state index contributed by atoms with van der Waals surface area (Å²) in [7, 11) is 0. The lowest BCUT2D eigenvalue weighted by molar-refractivity contribution is 0.0698. The fraction of sp³-hybridized carbons (Fsp3) is 0.533. The quantitative estimate of drug-likeness (QED) is 0.866. The van der Waals surface area contributed by atoms with Crippen molar-refractivity contribution in [2.45, 2.75) is 39.2 Å². The minimum atomic E-state index is -0.882. The summed E-state index contributed by atoms with van der Waals surface area (Å²) in [6.45, 7) is 4.57. The molecule has 2 rings (SSSR count). The highest BCUT2D eigenvalue weighted by Crippen LogP contribution is 2.32. The molecule has 0 radical (unpaired) electrons. The number of carboxylic acid groups (broad SMARTS) is 1. The van der Waals surface area contributed by atoms with Crippen LogP contribution < -0.4 is 5.32 Å². The van der Waals surface area contributed by atoms with Crippen LogP contribution in [0, 0.1) is 11.8 Å². The number of benzene rings is 1. The lowest BCUT2D eigenvalue weighted by Gasteiger charge is -2.33. The van der Waals surface area contributed by atoms with Gasteiger partial charge in [0.05, 0.1) is 11.3 Å². The first kappa shape index (κ1) is 14.4. The summed E-state index contributed by atoms with van der Waals surface area (Å²) in [5.74, 6) is 0.568. The van der Waals surface area contributed by atoms with Gasteiger partial charge in [0, 0.05) is 10.5 Å². The van der Waals surface area contributed by atoms with Crippen molar-refractivity contribution in [3.8, 4) is 0 Å². The van der Waals surface area contributed by atoms with Gasteiger partial charge >= 0.3 is 5.97 Å². The van der Waals surface area contributed by atoms with E-state index in [2.05, 4.69) is 35.1 Å². The van der Waals surface area contributed by atoms with Crippen LogP contribution in [0.15, 0.2) is 22.7 Å². The van der Waals surface area contributed by atoms with Crippen LogP contribution in [0.3, 0.4) is 0 Å². The Bertz CT molecular complexity index is 475. The molecule has 104 valence electrons. The van der Waals surface area contributed by atoms with Crippen molar-refractivity contribution in [2.24, 2.45) is 11.8 Å². The summed E-state index contributed by atoms with van der Waals surface area (Å²) < 4.78 is 0.900. The Labute approximate surface area is 122 Å². The van der Waals surface area contributed by atoms with Crippen molar-refractivity contribution in [3.05, 3.63) is 28.2 Å². The van der Waals surface area contributed by atoms with Gasteiger partial charge in [-0.15, -0.1) is 0 Å². The van der Waals surface area contributed by atoms with Gasteiger partial charge in [-0.25, -0.2) is 4.79 Å². The zero-order chi connectivity index (χ0) is 14.0. The van der Waals surface area contributed by atoms with Gasteiger partial charge in [-0.05, 0) is 49.3 Å². The van der Waals surface area contributed by atoms with Gasteiger partial charge in [-0.3, -0.25) is 0 Å². The van der Waals surface area contributed by atoms with E-state index in [0.29, 0.717) is 23.2 Å². The number of hydrogen-bond acceptors (Lipinski definition) is 2. The molecule has 1 aromatic rings. The van der Waals surface area contributed by atoms with Gasteiger partial charge in [0.15, 0.2) is 0 Å². The van der Waals surface area contributed by atoms with Gasteiger partial charge in [0.25, 0.3) is 0 Å². The lowest BCUT2D eigenvalue weighted by atomic mass is 9.79. The molecule has 3 unspecified atom stereocenters. The average molecular weight is 326 g/mol. The van der Waals surface area contributed by atoms with Crippen molar-refractivity contribution in [1.29, 1.82) is 0 Å². The van der Waals surface area contributed by atoms with Gasteiger partial charge in [0.1, 0.15) is 0 Å². The second-order valence-corrected chi connectivity index (χ2v) is 6.52. The highest BCUT2D eigenvalue weighted by atomic mass is 79.9. The fourth-order valence-electron chi connectivity index (χ4n) is 2.72. The third kappa shape index (κ3) is 3.50. The largest absolute Gasteiger partial charge is 0.478 e. The lowest BCUT2D eigenvalue weighted by Crippen LogP contribution is -2.30. The van der Waals surface area contributed by atoms with E-state index in [1.54, 1.807) is 12.1 Å². The predicted octanol–water partition coefficient (Wildman–Crippen LogP) is 4.38. The fourth-order valence-corrected chi connectivity index (χ4v) is 3.08. The maximum atomic E-state index is 11.2. The molecule has 0 spiro atoms. The zero-order valence-corrected chi connectivity index (χ0v) is 12.9. The molecule has 1 aliphatic rings. The Morgan fingerprint density at radius 1 is 1.32 bits per heavy atom. The highest BCUT2D eigenvalue weighted by Gasteiger charge is 2.25. The molecular weight excluding hydrogens is 306 g/mol. The molecule has 4 heteroatoms. The van der Waals surface area contributed by atoms with Gasteiger partial charge < -0.3 is 10.4 Å². The van der Waals surface area contributed by atoms with Crippen LogP contribution in [0.2, 0.25) is 0 Å². The Hall–Kier alpha value is -1.03. The SMILES string of the molecule is CC1CCC(Nc2cc(Br)ccc2C(=O)O)CC1C. The number of hydrogen-bond donors (Lipinski definition) is 2. The first-order valence-corrected chi connectivity index (χ1v) is 7.56. The number of carbonyl (C=O) groups is 1. The maximum Gasteiger partial charge on any atom is 0.337 e. The molecule has 1 saturated carbocycles. The molecule has 0 heterocycles. The number of nitrogens with one attached hydrogen (secondary N) is 1. The van der Waals surface area contributed by atoms with Crippen LogP contribution in [0.25, 0.3) is 0 Å². The normalized spacial score (nSPS) is 27.0. The van der Waals surface area contributed by atoms with Crippen molar-refractivity contribution in [2.75, 3.05) is 5.32 Å². The van der Waals surface area contributed by atoms with Gasteiger partial charge in [-0.1, -0.05) is 29.8 Å². The molecule has 0 aliphatic heterocycles. The van der Waals surface area contributed by atoms with E-state index in [4.69, 9.17) is 0 Å². The highest BCUT2D eigenvalue weighted by molar-refractivity contribution is 9.10. The minimum absolute atomic E-state index is 0.342. The Balaban J connectivity index is 2.14. The molecule has 0 aromatic heterocycles. The summed E-state index contributed by atoms with van der Waals surface area (Å²) in [6.07, 6.45) is 3.42. The molecule has 0 saturated heterocycles. The molecule has 1 fully saturated rings. The third-order valence-electron chi connectivity index (χ3n) is 4.17. The Morgan fingerprint density at radius 3 is 2.68 bits per heavy atom.